The highest BCUT2D eigenvalue weighted by molar-refractivity contribution is 5.73. The van der Waals surface area contributed by atoms with Gasteiger partial charge in [-0.3, -0.25) is 0 Å². The largest absolute Gasteiger partial charge is 0.486 e. The molecule has 1 aromatic heterocycles. The van der Waals surface area contributed by atoms with Crippen molar-refractivity contribution in [2.75, 3.05) is 36.5 Å². The lowest BCUT2D eigenvalue weighted by atomic mass is 9.86. The summed E-state index contributed by atoms with van der Waals surface area (Å²) in [6.45, 7) is 10.5. The van der Waals surface area contributed by atoms with Crippen LogP contribution in [0.3, 0.4) is 0 Å². The monoisotopic (exact) mass is 633 g/mol. The number of hydrogen-bond acceptors (Lipinski definition) is 7. The van der Waals surface area contributed by atoms with E-state index in [2.05, 4.69) is 15.3 Å². The van der Waals surface area contributed by atoms with Crippen LogP contribution in [0.25, 0.3) is 11.3 Å². The Hall–Kier alpha value is -4.16. The fourth-order valence-corrected chi connectivity index (χ4v) is 5.67. The molecule has 45 heavy (non-hydrogen) atoms. The summed E-state index contributed by atoms with van der Waals surface area (Å²) < 4.78 is 83.7. The summed E-state index contributed by atoms with van der Waals surface area (Å²) in [6.07, 6.45) is -3.57. The average Bonchev–Trinajstić information content (AvgIpc) is 2.96. The third-order valence-corrected chi connectivity index (χ3v) is 7.75. The van der Waals surface area contributed by atoms with Gasteiger partial charge < -0.3 is 24.6 Å². The fourth-order valence-electron chi connectivity index (χ4n) is 5.67. The zero-order valence-electron chi connectivity index (χ0n) is 25.8. The topological polar surface area (TPSA) is 79.8 Å². The van der Waals surface area contributed by atoms with Crippen LogP contribution < -0.4 is 15.0 Å². The average molecular weight is 634 g/mol. The van der Waals surface area contributed by atoms with Gasteiger partial charge in [0.25, 0.3) is 0 Å². The Morgan fingerprint density at radius 2 is 1.76 bits per heavy atom. The molecule has 1 saturated heterocycles. The number of anilines is 3. The number of piperidine rings is 1. The van der Waals surface area contributed by atoms with Crippen molar-refractivity contribution in [2.45, 2.75) is 71.2 Å². The Bertz CT molecular complexity index is 1570. The van der Waals surface area contributed by atoms with Crippen molar-refractivity contribution in [3.05, 3.63) is 59.3 Å². The van der Waals surface area contributed by atoms with Crippen LogP contribution in [-0.2, 0) is 10.9 Å². The maximum Gasteiger partial charge on any atom is 0.416 e. The standard InChI is InChI=1S/C32H36F5N5O3/c1-18(2)42-12-13-44-28-24(33)14-20(15-26(28)42)27-25(34)17-38-29(40-27)39-21-6-7-22(23(16-21)32(35,36)37)19-8-10-41(11-9-19)30(43)45-31(3,4)5/h6-7,14-19H,8-13H2,1-5H3,(H,38,39,40). The minimum absolute atomic E-state index is 0.0260. The molecule has 0 atom stereocenters. The highest BCUT2D eigenvalue weighted by atomic mass is 19.4. The summed E-state index contributed by atoms with van der Waals surface area (Å²) >= 11 is 0. The summed E-state index contributed by atoms with van der Waals surface area (Å²) in [5, 5.41) is 2.74. The maximum atomic E-state index is 15.0. The Kier molecular flexibility index (Phi) is 8.83. The first-order chi connectivity index (χ1) is 21.1. The molecule has 0 bridgehead atoms. The van der Waals surface area contributed by atoms with Crippen molar-refractivity contribution in [3.8, 4) is 17.0 Å². The van der Waals surface area contributed by atoms with E-state index in [4.69, 9.17) is 9.47 Å². The van der Waals surface area contributed by atoms with E-state index in [1.807, 2.05) is 18.7 Å². The van der Waals surface area contributed by atoms with E-state index in [9.17, 15) is 22.4 Å². The molecule has 0 radical (unpaired) electrons. The second-order valence-electron chi connectivity index (χ2n) is 12.5. The van der Waals surface area contributed by atoms with Crippen molar-refractivity contribution in [1.29, 1.82) is 0 Å². The van der Waals surface area contributed by atoms with E-state index in [0.717, 1.165) is 18.3 Å². The van der Waals surface area contributed by atoms with Crippen LogP contribution in [-0.4, -0.2) is 58.8 Å². The van der Waals surface area contributed by atoms with Crippen molar-refractivity contribution >= 4 is 23.4 Å². The number of alkyl halides is 3. The molecule has 5 rings (SSSR count). The number of ether oxygens (including phenoxy) is 2. The third kappa shape index (κ3) is 7.23. The van der Waals surface area contributed by atoms with Gasteiger partial charge in [-0.05, 0) is 83.2 Å². The Morgan fingerprint density at radius 1 is 1.04 bits per heavy atom. The Balaban J connectivity index is 1.38. The lowest BCUT2D eigenvalue weighted by molar-refractivity contribution is -0.138. The van der Waals surface area contributed by atoms with Crippen molar-refractivity contribution in [2.24, 2.45) is 0 Å². The lowest BCUT2D eigenvalue weighted by Crippen LogP contribution is -2.41. The fraction of sp³-hybridized carbons (Fsp3) is 0.469. The number of likely N-dealkylation sites (tertiary alicyclic amines) is 1. The first-order valence-corrected chi connectivity index (χ1v) is 14.8. The van der Waals surface area contributed by atoms with E-state index >= 15 is 4.39 Å². The number of benzene rings is 2. The molecular formula is C32H36F5N5O3. The number of rotatable bonds is 5. The number of nitrogens with zero attached hydrogens (tertiary/aromatic N) is 4. The maximum absolute atomic E-state index is 15.0. The molecule has 0 spiro atoms. The van der Waals surface area contributed by atoms with Gasteiger partial charge >= 0.3 is 12.3 Å². The number of nitrogens with one attached hydrogen (secondary N) is 1. The summed E-state index contributed by atoms with van der Waals surface area (Å²) in [7, 11) is 0. The van der Waals surface area contributed by atoms with Crippen molar-refractivity contribution < 1.29 is 36.2 Å². The molecule has 1 N–H and O–H groups in total. The van der Waals surface area contributed by atoms with Crippen LogP contribution in [0.2, 0.25) is 0 Å². The predicted molar refractivity (Wildman–Crippen MR) is 160 cm³/mol. The smallest absolute Gasteiger partial charge is 0.416 e. The molecule has 2 aromatic carbocycles. The van der Waals surface area contributed by atoms with E-state index in [0.29, 0.717) is 31.7 Å². The number of carbonyl (C=O) groups is 1. The van der Waals surface area contributed by atoms with Crippen LogP contribution in [0.4, 0.5) is 44.1 Å². The molecular weight excluding hydrogens is 597 g/mol. The normalized spacial score (nSPS) is 16.0. The first-order valence-electron chi connectivity index (χ1n) is 14.8. The van der Waals surface area contributed by atoms with Crippen molar-refractivity contribution in [3.63, 3.8) is 0 Å². The molecule has 3 heterocycles. The van der Waals surface area contributed by atoms with Crippen LogP contribution in [0.1, 0.15) is 64.5 Å². The van der Waals surface area contributed by atoms with Crippen LogP contribution >= 0.6 is 0 Å². The molecule has 13 heteroatoms. The highest BCUT2D eigenvalue weighted by Crippen LogP contribution is 2.42. The van der Waals surface area contributed by atoms with Gasteiger partial charge in [0.2, 0.25) is 5.95 Å². The molecule has 242 valence electrons. The number of aromatic nitrogens is 2. The van der Waals surface area contributed by atoms with E-state index in [-0.39, 0.29) is 53.3 Å². The zero-order chi connectivity index (χ0) is 32.7. The second-order valence-corrected chi connectivity index (χ2v) is 12.5. The van der Waals surface area contributed by atoms with Crippen LogP contribution in [0.15, 0.2) is 36.5 Å². The van der Waals surface area contributed by atoms with E-state index in [1.54, 1.807) is 26.8 Å². The molecule has 0 saturated carbocycles. The lowest BCUT2D eigenvalue weighted by Gasteiger charge is -2.34. The van der Waals surface area contributed by atoms with E-state index in [1.165, 1.54) is 17.0 Å². The highest BCUT2D eigenvalue weighted by Gasteiger charge is 2.37. The van der Waals surface area contributed by atoms with Gasteiger partial charge in [0.1, 0.15) is 17.9 Å². The van der Waals surface area contributed by atoms with Gasteiger partial charge in [-0.25, -0.2) is 23.5 Å². The number of halogens is 5. The number of fused-ring (bicyclic) bond motifs is 1. The van der Waals surface area contributed by atoms with Gasteiger partial charge in [-0.15, -0.1) is 0 Å². The number of hydrogen-bond donors (Lipinski definition) is 1. The second kappa shape index (κ2) is 12.3. The minimum Gasteiger partial charge on any atom is -0.486 e. The molecule has 8 nitrogen and oxygen atoms in total. The van der Waals surface area contributed by atoms with Gasteiger partial charge in [0.05, 0.1) is 24.0 Å². The zero-order valence-corrected chi connectivity index (χ0v) is 25.8. The van der Waals surface area contributed by atoms with Crippen LogP contribution in [0, 0.1) is 11.6 Å². The quantitative estimate of drug-likeness (QED) is 0.286. The molecule has 1 amide bonds. The molecule has 2 aliphatic heterocycles. The summed E-state index contributed by atoms with van der Waals surface area (Å²) in [5.74, 6) is -2.01. The molecule has 0 unspecified atom stereocenters. The SMILES string of the molecule is CC(C)N1CCOc2c(F)cc(-c3nc(Nc4ccc(C5CCN(C(=O)OC(C)(C)C)CC5)c(C(F)(F)F)c4)ncc3F)cc21. The predicted octanol–water partition coefficient (Wildman–Crippen LogP) is 7.91. The molecule has 2 aliphatic rings. The van der Waals surface area contributed by atoms with Gasteiger partial charge in [0.15, 0.2) is 17.4 Å². The Morgan fingerprint density at radius 3 is 2.40 bits per heavy atom. The van der Waals surface area contributed by atoms with Crippen molar-refractivity contribution in [1.82, 2.24) is 14.9 Å². The summed E-state index contributed by atoms with van der Waals surface area (Å²) in [6, 6.07) is 6.58. The van der Waals surface area contributed by atoms with E-state index < -0.39 is 41.0 Å². The summed E-state index contributed by atoms with van der Waals surface area (Å²) in [5.41, 5.74) is -0.944. The number of amides is 1. The molecule has 0 aliphatic carbocycles. The Labute approximate surface area is 258 Å². The molecule has 3 aromatic rings. The van der Waals surface area contributed by atoms with Gasteiger partial charge in [0, 0.05) is 30.4 Å². The number of carbonyl (C=O) groups excluding carboxylic acids is 1. The molecule has 1 fully saturated rings. The van der Waals surface area contributed by atoms with Crippen LogP contribution in [0.5, 0.6) is 5.75 Å². The minimum atomic E-state index is -4.66. The summed E-state index contributed by atoms with van der Waals surface area (Å²) in [4.78, 5) is 24.0. The first kappa shape index (κ1) is 32.2. The van der Waals surface area contributed by atoms with Gasteiger partial charge in [-0.1, -0.05) is 6.07 Å². The third-order valence-electron chi connectivity index (χ3n) is 7.75. The van der Waals surface area contributed by atoms with Gasteiger partial charge in [-0.2, -0.15) is 13.2 Å².